The van der Waals surface area contributed by atoms with Gasteiger partial charge in [0.25, 0.3) is 0 Å². The minimum Gasteiger partial charge on any atom is -0.132 e. The molecule has 0 bridgehead atoms. The minimum atomic E-state index is 1.25. The molecule has 0 nitrogen and oxygen atoms in total. The van der Waals surface area contributed by atoms with Gasteiger partial charge in [-0.05, 0) is 26.3 Å². The summed E-state index contributed by atoms with van der Waals surface area (Å²) in [5, 5.41) is 0. The van der Waals surface area contributed by atoms with Crippen molar-refractivity contribution in [2.75, 3.05) is 0 Å². The van der Waals surface area contributed by atoms with Crippen molar-refractivity contribution >= 4 is 7.85 Å². The van der Waals surface area contributed by atoms with Gasteiger partial charge in [0.2, 0.25) is 0 Å². The van der Waals surface area contributed by atoms with Gasteiger partial charge >= 0.3 is 0 Å². The molecule has 0 saturated carbocycles. The average molecular weight is 132 g/mol. The van der Waals surface area contributed by atoms with Crippen LogP contribution < -0.4 is 0 Å². The monoisotopic (exact) mass is 132 g/mol. The predicted octanol–water partition coefficient (Wildman–Crippen LogP) is 2.58. The Morgan fingerprint density at radius 3 is 2.20 bits per heavy atom. The third-order valence-electron chi connectivity index (χ3n) is 1.51. The summed E-state index contributed by atoms with van der Waals surface area (Å²) in [5.74, 6) is 1.53. The maximum Gasteiger partial charge on any atom is 0.102 e. The molecule has 0 spiro atoms. The molecule has 0 N–H and O–H groups in total. The van der Waals surface area contributed by atoms with Crippen LogP contribution in [0.5, 0.6) is 0 Å². The van der Waals surface area contributed by atoms with Gasteiger partial charge in [-0.1, -0.05) is 23.8 Å². The fraction of sp³-hybridized carbons (Fsp3) is 0.333. The zero-order valence-electron chi connectivity index (χ0n) is 6.89. The van der Waals surface area contributed by atoms with E-state index in [9.17, 15) is 0 Å². The Labute approximate surface area is 64.7 Å². The Kier molecular flexibility index (Phi) is 4.74. The molecule has 0 aliphatic heterocycles. The van der Waals surface area contributed by atoms with Gasteiger partial charge in [-0.2, -0.15) is 0 Å². The van der Waals surface area contributed by atoms with Gasteiger partial charge in [0.05, 0.1) is 0 Å². The third-order valence-corrected chi connectivity index (χ3v) is 1.51. The second-order valence-electron chi connectivity index (χ2n) is 2.21. The lowest BCUT2D eigenvalue weighted by molar-refractivity contribution is 1.33. The third kappa shape index (κ3) is 3.34. The lowest BCUT2D eigenvalue weighted by atomic mass is 10.1. The van der Waals surface area contributed by atoms with Crippen molar-refractivity contribution in [2.24, 2.45) is 0 Å². The largest absolute Gasteiger partial charge is 0.132 e. The van der Waals surface area contributed by atoms with Crippen molar-refractivity contribution < 1.29 is 0 Å². The van der Waals surface area contributed by atoms with Crippen LogP contribution in [0.25, 0.3) is 0 Å². The summed E-state index contributed by atoms with van der Waals surface area (Å²) in [6.07, 6.45) is 5.91. The van der Waals surface area contributed by atoms with Crippen molar-refractivity contribution in [3.8, 4) is 0 Å². The normalized spacial score (nSPS) is 14.7. The molecule has 52 valence electrons. The highest BCUT2D eigenvalue weighted by Gasteiger charge is 1.86. The van der Waals surface area contributed by atoms with Crippen LogP contribution in [-0.4, -0.2) is 7.85 Å². The van der Waals surface area contributed by atoms with Gasteiger partial charge in [-0.15, -0.1) is 5.98 Å². The first-order valence-corrected chi connectivity index (χ1v) is 3.40. The van der Waals surface area contributed by atoms with Gasteiger partial charge < -0.3 is 0 Å². The van der Waals surface area contributed by atoms with Crippen LogP contribution in [0.15, 0.2) is 35.3 Å². The summed E-state index contributed by atoms with van der Waals surface area (Å²) >= 11 is 0. The van der Waals surface area contributed by atoms with E-state index in [2.05, 4.69) is 19.9 Å². The molecule has 0 aliphatic rings. The molecule has 0 aromatic heterocycles. The zero-order valence-corrected chi connectivity index (χ0v) is 6.89. The molecule has 10 heavy (non-hydrogen) atoms. The van der Waals surface area contributed by atoms with E-state index in [4.69, 9.17) is 7.85 Å². The highest BCUT2D eigenvalue weighted by Crippen LogP contribution is 2.06. The van der Waals surface area contributed by atoms with Gasteiger partial charge in [-0.25, -0.2) is 0 Å². The number of hydrogen-bond acceptors (Lipinski definition) is 0. The van der Waals surface area contributed by atoms with Crippen LogP contribution in [0.4, 0.5) is 0 Å². The summed E-state index contributed by atoms with van der Waals surface area (Å²) in [4.78, 5) is 0. The van der Waals surface area contributed by atoms with E-state index in [1.165, 1.54) is 17.1 Å². The van der Waals surface area contributed by atoms with Crippen molar-refractivity contribution in [1.82, 2.24) is 0 Å². The van der Waals surface area contributed by atoms with E-state index >= 15 is 0 Å². The maximum atomic E-state index is 5.17. The second kappa shape index (κ2) is 5.10. The maximum absolute atomic E-state index is 5.17. The van der Waals surface area contributed by atoms with Gasteiger partial charge in [-0.3, -0.25) is 0 Å². The van der Waals surface area contributed by atoms with Crippen LogP contribution in [-0.2, 0) is 0 Å². The summed E-state index contributed by atoms with van der Waals surface area (Å²) in [5.41, 5.74) is 2.54. The van der Waals surface area contributed by atoms with Crippen LogP contribution >= 0.6 is 0 Å². The van der Waals surface area contributed by atoms with E-state index in [1.54, 1.807) is 0 Å². The van der Waals surface area contributed by atoms with E-state index in [-0.39, 0.29) is 0 Å². The molecule has 0 rings (SSSR count). The van der Waals surface area contributed by atoms with Crippen LogP contribution in [0.3, 0.4) is 0 Å². The Morgan fingerprint density at radius 1 is 1.20 bits per heavy atom. The molecule has 0 aromatic carbocycles. The highest BCUT2D eigenvalue weighted by atomic mass is 13.9. The van der Waals surface area contributed by atoms with E-state index in [0.29, 0.717) is 0 Å². The van der Waals surface area contributed by atoms with Gasteiger partial charge in [0.1, 0.15) is 7.85 Å². The van der Waals surface area contributed by atoms with Crippen molar-refractivity contribution in [3.63, 3.8) is 0 Å². The number of hydrogen-bond donors (Lipinski definition) is 0. The molecule has 0 aromatic rings. The Morgan fingerprint density at radius 2 is 1.80 bits per heavy atom. The molecular weight excluding hydrogens is 119 g/mol. The average Bonchev–Trinajstić information content (AvgIpc) is 1.98. The molecule has 0 amide bonds. The molecule has 0 unspecified atom stereocenters. The van der Waals surface area contributed by atoms with Crippen LogP contribution in [0, 0.1) is 0 Å². The topological polar surface area (TPSA) is 0 Å². The Hall–Kier alpha value is -0.715. The lowest BCUT2D eigenvalue weighted by Crippen LogP contribution is -1.75. The molecule has 0 fully saturated rings. The molecule has 1 heteroatoms. The highest BCUT2D eigenvalue weighted by molar-refractivity contribution is 6.17. The first-order chi connectivity index (χ1) is 4.72. The second-order valence-corrected chi connectivity index (χ2v) is 2.21. The van der Waals surface area contributed by atoms with Crippen molar-refractivity contribution in [1.29, 1.82) is 0 Å². The number of allylic oxidation sites excluding steroid dienone is 5. The molecular formula is C9H13B. The molecule has 2 radical (unpaired) electrons. The summed E-state index contributed by atoms with van der Waals surface area (Å²) < 4.78 is 0. The molecule has 0 saturated heterocycles. The molecule has 0 atom stereocenters. The fourth-order valence-corrected chi connectivity index (χ4v) is 0.559. The lowest BCUT2D eigenvalue weighted by Gasteiger charge is -1.96. The smallest absolute Gasteiger partial charge is 0.102 e. The van der Waals surface area contributed by atoms with Gasteiger partial charge in [0.15, 0.2) is 0 Å². The SMILES string of the molecule is [B]\C=C/C=C(C)\C(C)=C/C. The summed E-state index contributed by atoms with van der Waals surface area (Å²) in [7, 11) is 5.17. The standard InChI is InChI=1S/C9H13B/c1-4-8(2)9(3)6-5-7-10/h4-7H,1-3H3/b7-5-,8-4-,9-6-. The van der Waals surface area contributed by atoms with E-state index in [1.807, 2.05) is 19.1 Å². The quantitative estimate of drug-likeness (QED) is 0.400. The first kappa shape index (κ1) is 9.28. The van der Waals surface area contributed by atoms with E-state index < -0.39 is 0 Å². The minimum absolute atomic E-state index is 1.25. The Bertz CT molecular complexity index is 173. The summed E-state index contributed by atoms with van der Waals surface area (Å²) in [6, 6.07) is 0. The number of rotatable bonds is 2. The molecule has 0 aliphatic carbocycles. The summed E-state index contributed by atoms with van der Waals surface area (Å²) in [6.45, 7) is 6.17. The van der Waals surface area contributed by atoms with Crippen LogP contribution in [0.1, 0.15) is 20.8 Å². The molecule has 0 heterocycles. The fourth-order valence-electron chi connectivity index (χ4n) is 0.559. The van der Waals surface area contributed by atoms with E-state index in [0.717, 1.165) is 0 Å². The van der Waals surface area contributed by atoms with Gasteiger partial charge in [0, 0.05) is 0 Å². The van der Waals surface area contributed by atoms with Crippen LogP contribution in [0.2, 0.25) is 0 Å². The van der Waals surface area contributed by atoms with Crippen molar-refractivity contribution in [2.45, 2.75) is 20.8 Å². The van der Waals surface area contributed by atoms with Crippen molar-refractivity contribution in [3.05, 3.63) is 35.3 Å². The zero-order chi connectivity index (χ0) is 7.98. The first-order valence-electron chi connectivity index (χ1n) is 3.40. The predicted molar refractivity (Wildman–Crippen MR) is 48.1 cm³/mol. The Balaban J connectivity index is 4.19.